The number of hydrogen-bond donors (Lipinski definition) is 3. The van der Waals surface area contributed by atoms with E-state index in [0.29, 0.717) is 22.9 Å². The normalized spacial score (nSPS) is 16.6. The lowest BCUT2D eigenvalue weighted by Gasteiger charge is -2.07. The third kappa shape index (κ3) is 3.43. The van der Waals surface area contributed by atoms with Gasteiger partial charge in [0.2, 0.25) is 11.9 Å². The quantitative estimate of drug-likeness (QED) is 0.355. The van der Waals surface area contributed by atoms with Gasteiger partial charge in [0.25, 0.3) is 0 Å². The van der Waals surface area contributed by atoms with Gasteiger partial charge in [-0.25, -0.2) is 0 Å². The first-order chi connectivity index (χ1) is 13.0. The maximum absolute atomic E-state index is 12.3. The van der Waals surface area contributed by atoms with Gasteiger partial charge in [0.1, 0.15) is 4.87 Å². The van der Waals surface area contributed by atoms with Gasteiger partial charge in [-0.1, -0.05) is 23.1 Å². The molecule has 0 saturated carbocycles. The van der Waals surface area contributed by atoms with Crippen LogP contribution in [0.4, 0.5) is 5.82 Å². The summed E-state index contributed by atoms with van der Waals surface area (Å²) in [6.07, 6.45) is 0.789. The van der Waals surface area contributed by atoms with Crippen LogP contribution in [0.1, 0.15) is 23.7 Å². The molecule has 1 saturated heterocycles. The van der Waals surface area contributed by atoms with Gasteiger partial charge in [-0.2, -0.15) is 5.10 Å². The first-order valence-electron chi connectivity index (χ1n) is 8.75. The summed E-state index contributed by atoms with van der Waals surface area (Å²) in [7, 11) is 0. The van der Waals surface area contributed by atoms with Crippen LogP contribution in [0.3, 0.4) is 0 Å². The number of fused-ring (bicyclic) bond motifs is 1. The van der Waals surface area contributed by atoms with Crippen LogP contribution in [0, 0.1) is 4.91 Å². The summed E-state index contributed by atoms with van der Waals surface area (Å²) in [6, 6.07) is 10.8. The van der Waals surface area contributed by atoms with Gasteiger partial charge in [0.05, 0.1) is 22.4 Å². The second kappa shape index (κ2) is 7.09. The number of H-pyrrole nitrogens is 1. The molecular formula is C19H19ClN5O2+. The molecule has 0 amide bonds. The van der Waals surface area contributed by atoms with Gasteiger partial charge in [-0.05, 0) is 42.8 Å². The molecule has 27 heavy (non-hydrogen) atoms. The van der Waals surface area contributed by atoms with E-state index in [4.69, 9.17) is 11.6 Å². The number of anilines is 1. The summed E-state index contributed by atoms with van der Waals surface area (Å²) in [5.41, 5.74) is 5.85. The Bertz CT molecular complexity index is 1040. The summed E-state index contributed by atoms with van der Waals surface area (Å²) in [5.74, 6) is 0.444. The van der Waals surface area contributed by atoms with Gasteiger partial charge in [0.15, 0.2) is 5.78 Å². The van der Waals surface area contributed by atoms with Crippen LogP contribution in [-0.4, -0.2) is 40.0 Å². The predicted octanol–water partition coefficient (Wildman–Crippen LogP) is 3.55. The Labute approximate surface area is 160 Å². The number of carbonyl (C=O) groups is 1. The molecule has 0 spiro atoms. The number of hydrogen-bond acceptors (Lipinski definition) is 4. The van der Waals surface area contributed by atoms with Crippen LogP contribution >= 0.6 is 11.6 Å². The van der Waals surface area contributed by atoms with Crippen molar-refractivity contribution in [3.05, 3.63) is 51.9 Å². The number of nitrogens with zero attached hydrogens (tertiary/aromatic N) is 2. The number of carbonyl (C=O) groups excluding carboxylic acids is 1. The number of aromatic nitrogens is 2. The Morgan fingerprint density at radius 3 is 2.89 bits per heavy atom. The molecule has 4 rings (SSSR count). The number of rotatable bonds is 5. The molecule has 0 radical (unpaired) electrons. The number of hydrazine groups is 1. The van der Waals surface area contributed by atoms with Crippen molar-refractivity contribution < 1.29 is 9.66 Å². The van der Waals surface area contributed by atoms with Crippen LogP contribution in [0.15, 0.2) is 36.4 Å². The number of nitroso groups, excluding NO2 is 1. The molecule has 1 aromatic heterocycles. The molecule has 138 valence electrons. The zero-order valence-corrected chi connectivity index (χ0v) is 15.5. The highest BCUT2D eigenvalue weighted by molar-refractivity contribution is 6.33. The smallest absolute Gasteiger partial charge is 0.248 e. The van der Waals surface area contributed by atoms with E-state index in [9.17, 15) is 9.70 Å². The molecule has 0 unspecified atom stereocenters. The summed E-state index contributed by atoms with van der Waals surface area (Å²) >= 11 is 6.36. The molecule has 2 aromatic carbocycles. The summed E-state index contributed by atoms with van der Waals surface area (Å²) in [5, 5.41) is 11.7. The van der Waals surface area contributed by atoms with Crippen LogP contribution < -0.4 is 10.7 Å². The average Bonchev–Trinajstić information content (AvgIpc) is 3.32. The van der Waals surface area contributed by atoms with Crippen LogP contribution in [0.25, 0.3) is 22.0 Å². The molecule has 1 atom stereocenters. The fourth-order valence-corrected chi connectivity index (χ4v) is 3.49. The average molecular weight is 385 g/mol. The lowest BCUT2D eigenvalue weighted by atomic mass is 10.0. The number of aromatic amines is 1. The van der Waals surface area contributed by atoms with Crippen molar-refractivity contribution in [2.45, 2.75) is 19.4 Å². The highest BCUT2D eigenvalue weighted by atomic mass is 35.5. The molecule has 3 N–H and O–H groups in total. The Kier molecular flexibility index (Phi) is 4.63. The van der Waals surface area contributed by atoms with E-state index in [-0.39, 0.29) is 11.8 Å². The Balaban J connectivity index is 1.71. The number of ketones is 1. The fourth-order valence-electron chi connectivity index (χ4n) is 3.27. The van der Waals surface area contributed by atoms with Gasteiger partial charge < -0.3 is 5.32 Å². The van der Waals surface area contributed by atoms with E-state index >= 15 is 0 Å². The standard InChI is InChI=1S/C19H19ClN5O2/c1-11(26)12-2-4-17(20)15(8-12)13-3-5-18-16(9-13)19(23-22-18)24-25(27)14-6-7-21-10-14/h2-5,8-9,14,21H,6-7,10H2,1H3,(H2,22,23,24,27)/q+1/t14-/m1/s1. The second-order valence-corrected chi connectivity index (χ2v) is 7.07. The zero-order chi connectivity index (χ0) is 19.0. The molecule has 0 bridgehead atoms. The third-order valence-electron chi connectivity index (χ3n) is 4.83. The van der Waals surface area contributed by atoms with E-state index < -0.39 is 0 Å². The highest BCUT2D eigenvalue weighted by Crippen LogP contribution is 2.32. The predicted molar refractivity (Wildman–Crippen MR) is 105 cm³/mol. The Morgan fingerprint density at radius 2 is 2.15 bits per heavy atom. The van der Waals surface area contributed by atoms with Gasteiger partial charge >= 0.3 is 0 Å². The van der Waals surface area contributed by atoms with Gasteiger partial charge in [-0.15, -0.1) is 0 Å². The van der Waals surface area contributed by atoms with Crippen molar-refractivity contribution in [3.63, 3.8) is 0 Å². The highest BCUT2D eigenvalue weighted by Gasteiger charge is 2.30. The first kappa shape index (κ1) is 17.6. The van der Waals surface area contributed by atoms with E-state index in [2.05, 4.69) is 20.9 Å². The van der Waals surface area contributed by atoms with E-state index in [1.807, 2.05) is 18.2 Å². The summed E-state index contributed by atoms with van der Waals surface area (Å²) in [4.78, 5) is 24.9. The SMILES string of the molecule is CC(=O)c1ccc(Cl)c(-c2ccc3[nH]nc(N[N+](=O)[C@@H]4CCNC4)c3c2)c1. The molecule has 0 aliphatic carbocycles. The van der Waals surface area contributed by atoms with E-state index in [0.717, 1.165) is 39.9 Å². The summed E-state index contributed by atoms with van der Waals surface area (Å²) < 4.78 is 0. The topological polar surface area (TPSA) is 89.9 Å². The largest absolute Gasteiger partial charge is 0.310 e. The van der Waals surface area contributed by atoms with Crippen molar-refractivity contribution >= 4 is 34.1 Å². The zero-order valence-electron chi connectivity index (χ0n) is 14.8. The maximum atomic E-state index is 12.3. The molecular weight excluding hydrogens is 366 g/mol. The van der Waals surface area contributed by atoms with Crippen LogP contribution in [0.5, 0.6) is 0 Å². The van der Waals surface area contributed by atoms with Crippen molar-refractivity contribution in [1.82, 2.24) is 15.5 Å². The number of nitrogens with one attached hydrogen (secondary N) is 3. The van der Waals surface area contributed by atoms with Gasteiger partial charge in [0, 0.05) is 29.1 Å². The van der Waals surface area contributed by atoms with Gasteiger partial charge in [-0.3, -0.25) is 9.89 Å². The minimum absolute atomic E-state index is 0.0215. The fraction of sp³-hybridized carbons (Fsp3) is 0.263. The number of halogens is 1. The molecule has 1 aliphatic heterocycles. The minimum Gasteiger partial charge on any atom is -0.310 e. The van der Waals surface area contributed by atoms with Crippen molar-refractivity contribution in [1.29, 1.82) is 0 Å². The molecule has 8 heteroatoms. The third-order valence-corrected chi connectivity index (χ3v) is 5.16. The molecule has 3 aromatic rings. The van der Waals surface area contributed by atoms with Crippen LogP contribution in [-0.2, 0) is 0 Å². The van der Waals surface area contributed by atoms with Crippen molar-refractivity contribution in [2.24, 2.45) is 0 Å². The minimum atomic E-state index is -0.123. The molecule has 2 heterocycles. The van der Waals surface area contributed by atoms with Crippen molar-refractivity contribution in [3.8, 4) is 11.1 Å². The monoisotopic (exact) mass is 384 g/mol. The van der Waals surface area contributed by atoms with Crippen LogP contribution in [0.2, 0.25) is 5.02 Å². The number of benzene rings is 2. The molecule has 7 nitrogen and oxygen atoms in total. The number of Topliss-reactive ketones (excluding diaryl/α,β-unsaturated/α-hetero) is 1. The summed E-state index contributed by atoms with van der Waals surface area (Å²) in [6.45, 7) is 3.01. The molecule has 1 aliphatic rings. The molecule has 1 fully saturated rings. The second-order valence-electron chi connectivity index (χ2n) is 6.67. The lowest BCUT2D eigenvalue weighted by Crippen LogP contribution is -2.31. The van der Waals surface area contributed by atoms with E-state index in [1.54, 1.807) is 18.2 Å². The lowest BCUT2D eigenvalue weighted by molar-refractivity contribution is -0.553. The first-order valence-corrected chi connectivity index (χ1v) is 9.13. The van der Waals surface area contributed by atoms with E-state index in [1.165, 1.54) is 6.92 Å². The Hall–Kier alpha value is -2.77. The Morgan fingerprint density at radius 1 is 1.30 bits per heavy atom. The van der Waals surface area contributed by atoms with Crippen molar-refractivity contribution in [2.75, 3.05) is 18.5 Å². The maximum Gasteiger partial charge on any atom is 0.248 e.